The monoisotopic (exact) mass is 396 g/mol. The summed E-state index contributed by atoms with van der Waals surface area (Å²) >= 11 is 12.0. The van der Waals surface area contributed by atoms with E-state index in [0.717, 1.165) is 18.4 Å². The molecule has 2 aromatic rings. The lowest BCUT2D eigenvalue weighted by atomic mass is 10.2. The number of ether oxygens (including phenoxy) is 2. The van der Waals surface area contributed by atoms with Crippen LogP contribution in [0.15, 0.2) is 36.4 Å². The Kier molecular flexibility index (Phi) is 8.04. The van der Waals surface area contributed by atoms with Crippen molar-refractivity contribution in [3.05, 3.63) is 57.6 Å². The van der Waals surface area contributed by atoms with Crippen LogP contribution in [-0.2, 0) is 6.61 Å². The van der Waals surface area contributed by atoms with Gasteiger partial charge in [-0.25, -0.2) is 0 Å². The number of halogens is 2. The highest BCUT2D eigenvalue weighted by molar-refractivity contribution is 6.35. The predicted molar refractivity (Wildman–Crippen MR) is 104 cm³/mol. The maximum Gasteiger partial charge on any atom is 0.251 e. The van der Waals surface area contributed by atoms with Gasteiger partial charge in [-0.2, -0.15) is 0 Å². The van der Waals surface area contributed by atoms with Gasteiger partial charge < -0.3 is 20.5 Å². The number of hydrogen-bond acceptors (Lipinski definition) is 4. The minimum atomic E-state index is -0.160. The molecule has 0 aliphatic heterocycles. The zero-order chi connectivity index (χ0) is 18.9. The van der Waals surface area contributed by atoms with Gasteiger partial charge in [-0.3, -0.25) is 4.79 Å². The Morgan fingerprint density at radius 3 is 2.62 bits per heavy atom. The third-order valence-electron chi connectivity index (χ3n) is 3.74. The van der Waals surface area contributed by atoms with Crippen molar-refractivity contribution in [1.82, 2.24) is 5.32 Å². The fraction of sp³-hybridized carbons (Fsp3) is 0.316. The van der Waals surface area contributed by atoms with E-state index in [1.807, 2.05) is 0 Å². The van der Waals surface area contributed by atoms with Gasteiger partial charge in [0.2, 0.25) is 0 Å². The van der Waals surface area contributed by atoms with Crippen LogP contribution in [0.3, 0.4) is 0 Å². The Balaban J connectivity index is 2.02. The first-order valence-corrected chi connectivity index (χ1v) is 9.03. The van der Waals surface area contributed by atoms with E-state index in [-0.39, 0.29) is 12.5 Å². The van der Waals surface area contributed by atoms with Crippen LogP contribution in [0.1, 0.15) is 28.8 Å². The van der Waals surface area contributed by atoms with E-state index in [9.17, 15) is 4.79 Å². The van der Waals surface area contributed by atoms with Crippen molar-refractivity contribution in [2.24, 2.45) is 5.73 Å². The molecular weight excluding hydrogens is 375 g/mol. The highest BCUT2D eigenvalue weighted by Gasteiger charge is 2.12. The van der Waals surface area contributed by atoms with E-state index in [1.54, 1.807) is 36.4 Å². The number of nitrogens with one attached hydrogen (secondary N) is 1. The largest absolute Gasteiger partial charge is 0.493 e. The SMILES string of the molecule is COc1cc(C(=O)NCCCCN)ccc1OCc1ccc(Cl)cc1Cl. The molecule has 140 valence electrons. The second-order valence-electron chi connectivity index (χ2n) is 5.64. The molecule has 0 bridgehead atoms. The molecule has 0 heterocycles. The summed E-state index contributed by atoms with van der Waals surface area (Å²) in [6, 6.07) is 10.3. The summed E-state index contributed by atoms with van der Waals surface area (Å²) in [5.41, 5.74) is 6.75. The number of methoxy groups -OCH3 is 1. The lowest BCUT2D eigenvalue weighted by molar-refractivity contribution is 0.0952. The van der Waals surface area contributed by atoms with Gasteiger partial charge in [0, 0.05) is 27.7 Å². The zero-order valence-electron chi connectivity index (χ0n) is 14.6. The standard InChI is InChI=1S/C19H22Cl2N2O3/c1-25-18-10-13(19(24)23-9-3-2-8-22)5-7-17(18)26-12-14-4-6-15(20)11-16(14)21/h4-7,10-11H,2-3,8-9,12,22H2,1H3,(H,23,24). The number of hydrogen-bond donors (Lipinski definition) is 2. The molecule has 2 aromatic carbocycles. The summed E-state index contributed by atoms with van der Waals surface area (Å²) in [4.78, 5) is 12.2. The van der Waals surface area contributed by atoms with E-state index in [1.165, 1.54) is 7.11 Å². The van der Waals surface area contributed by atoms with Crippen molar-refractivity contribution < 1.29 is 14.3 Å². The second-order valence-corrected chi connectivity index (χ2v) is 6.49. The van der Waals surface area contributed by atoms with Crippen LogP contribution in [0, 0.1) is 0 Å². The van der Waals surface area contributed by atoms with Crippen LogP contribution >= 0.6 is 23.2 Å². The van der Waals surface area contributed by atoms with Gasteiger partial charge in [-0.1, -0.05) is 29.3 Å². The van der Waals surface area contributed by atoms with Crippen molar-refractivity contribution in [2.45, 2.75) is 19.4 Å². The number of amides is 1. The van der Waals surface area contributed by atoms with Crippen LogP contribution in [0.25, 0.3) is 0 Å². The first-order valence-electron chi connectivity index (χ1n) is 8.28. The van der Waals surface area contributed by atoms with Crippen molar-refractivity contribution in [3.63, 3.8) is 0 Å². The van der Waals surface area contributed by atoms with Gasteiger partial charge in [0.05, 0.1) is 7.11 Å². The Labute approximate surface area is 163 Å². The molecule has 1 amide bonds. The Bertz CT molecular complexity index is 754. The first-order chi connectivity index (χ1) is 12.5. The average molecular weight is 397 g/mol. The van der Waals surface area contributed by atoms with Crippen molar-refractivity contribution >= 4 is 29.1 Å². The minimum Gasteiger partial charge on any atom is -0.493 e. The Morgan fingerprint density at radius 2 is 1.92 bits per heavy atom. The maximum absolute atomic E-state index is 12.2. The fourth-order valence-corrected chi connectivity index (χ4v) is 2.76. The maximum atomic E-state index is 12.2. The number of benzene rings is 2. The summed E-state index contributed by atoms with van der Waals surface area (Å²) in [6.45, 7) is 1.47. The molecule has 0 unspecified atom stereocenters. The highest BCUT2D eigenvalue weighted by Crippen LogP contribution is 2.30. The number of nitrogens with two attached hydrogens (primary N) is 1. The van der Waals surface area contributed by atoms with Gasteiger partial charge in [-0.05, 0) is 49.7 Å². The molecule has 0 spiro atoms. The van der Waals surface area contributed by atoms with Crippen LogP contribution in [0.2, 0.25) is 10.0 Å². The molecule has 7 heteroatoms. The lowest BCUT2D eigenvalue weighted by Gasteiger charge is -2.13. The molecule has 0 saturated heterocycles. The van der Waals surface area contributed by atoms with E-state index < -0.39 is 0 Å². The van der Waals surface area contributed by atoms with Crippen LogP contribution in [-0.4, -0.2) is 26.1 Å². The van der Waals surface area contributed by atoms with Gasteiger partial charge in [0.25, 0.3) is 5.91 Å². The van der Waals surface area contributed by atoms with Crippen molar-refractivity contribution in [3.8, 4) is 11.5 Å². The van der Waals surface area contributed by atoms with Gasteiger partial charge in [0.15, 0.2) is 11.5 Å². The summed E-state index contributed by atoms with van der Waals surface area (Å²) < 4.78 is 11.1. The average Bonchev–Trinajstić information content (AvgIpc) is 2.64. The molecule has 0 atom stereocenters. The molecule has 0 saturated carbocycles. The van der Waals surface area contributed by atoms with Gasteiger partial charge in [-0.15, -0.1) is 0 Å². The summed E-state index contributed by atoms with van der Waals surface area (Å²) in [6.07, 6.45) is 1.73. The molecule has 0 radical (unpaired) electrons. The molecule has 0 aromatic heterocycles. The molecule has 0 aliphatic rings. The second kappa shape index (κ2) is 10.3. The van der Waals surface area contributed by atoms with Crippen molar-refractivity contribution in [1.29, 1.82) is 0 Å². The van der Waals surface area contributed by atoms with Crippen LogP contribution < -0.4 is 20.5 Å². The number of carbonyl (C=O) groups is 1. The summed E-state index contributed by atoms with van der Waals surface area (Å²) in [7, 11) is 1.53. The molecular formula is C19H22Cl2N2O3. The Hall–Kier alpha value is -1.95. The molecule has 5 nitrogen and oxygen atoms in total. The molecule has 2 rings (SSSR count). The van der Waals surface area contributed by atoms with E-state index >= 15 is 0 Å². The Morgan fingerprint density at radius 1 is 1.12 bits per heavy atom. The third kappa shape index (κ3) is 5.80. The van der Waals surface area contributed by atoms with Crippen LogP contribution in [0.4, 0.5) is 0 Å². The molecule has 3 N–H and O–H groups in total. The number of rotatable bonds is 9. The van der Waals surface area contributed by atoms with E-state index in [0.29, 0.717) is 40.2 Å². The molecule has 0 fully saturated rings. The lowest BCUT2D eigenvalue weighted by Crippen LogP contribution is -2.24. The van der Waals surface area contributed by atoms with E-state index in [2.05, 4.69) is 5.32 Å². The van der Waals surface area contributed by atoms with Gasteiger partial charge >= 0.3 is 0 Å². The molecule has 26 heavy (non-hydrogen) atoms. The topological polar surface area (TPSA) is 73.6 Å². The smallest absolute Gasteiger partial charge is 0.251 e. The number of unbranched alkanes of at least 4 members (excludes halogenated alkanes) is 1. The van der Waals surface area contributed by atoms with Crippen molar-refractivity contribution in [2.75, 3.05) is 20.2 Å². The first kappa shape index (κ1) is 20.4. The van der Waals surface area contributed by atoms with Gasteiger partial charge in [0.1, 0.15) is 6.61 Å². The third-order valence-corrected chi connectivity index (χ3v) is 4.33. The zero-order valence-corrected chi connectivity index (χ0v) is 16.1. The van der Waals surface area contributed by atoms with E-state index in [4.69, 9.17) is 38.4 Å². The number of carbonyl (C=O) groups excluding carboxylic acids is 1. The summed E-state index contributed by atoms with van der Waals surface area (Å²) in [5.74, 6) is 0.843. The quantitative estimate of drug-likeness (QED) is 0.626. The van der Waals surface area contributed by atoms with Crippen LogP contribution in [0.5, 0.6) is 11.5 Å². The normalized spacial score (nSPS) is 10.5. The minimum absolute atomic E-state index is 0.160. The highest BCUT2D eigenvalue weighted by atomic mass is 35.5. The molecule has 0 aliphatic carbocycles. The fourth-order valence-electron chi connectivity index (χ4n) is 2.30. The predicted octanol–water partition coefficient (Wildman–Crippen LogP) is 4.05. The summed E-state index contributed by atoms with van der Waals surface area (Å²) in [5, 5.41) is 3.95.